The zero-order valence-electron chi connectivity index (χ0n) is 21.6. The molecule has 3 heterocycles. The number of carbonyl (C=O) groups is 3. The lowest BCUT2D eigenvalue weighted by molar-refractivity contribution is -0.125. The van der Waals surface area contributed by atoms with Gasteiger partial charge >= 0.3 is 6.09 Å². The normalized spacial score (nSPS) is 19.1. The van der Waals surface area contributed by atoms with E-state index in [9.17, 15) is 24.6 Å². The number of amides is 2. The molecule has 1 aromatic heterocycles. The fraction of sp³-hybridized carbons (Fsp3) is 0.500. The molecular weight excluding hydrogens is 474 g/mol. The molecule has 9 heteroatoms. The number of carboxylic acid groups (broad SMARTS) is 1. The van der Waals surface area contributed by atoms with Gasteiger partial charge in [0.25, 0.3) is 5.91 Å². The number of Topliss-reactive ketones (excluding diaryl/α,β-unsaturated/α-hetero) is 1. The maximum absolute atomic E-state index is 12.9. The lowest BCUT2D eigenvalue weighted by Crippen LogP contribution is -2.66. The number of nitrogens with one attached hydrogen (secondary N) is 1. The Morgan fingerprint density at radius 3 is 2.38 bits per heavy atom. The summed E-state index contributed by atoms with van der Waals surface area (Å²) in [5.41, 5.74) is -0.139. The zero-order valence-corrected chi connectivity index (χ0v) is 21.6. The van der Waals surface area contributed by atoms with Crippen molar-refractivity contribution in [1.29, 1.82) is 0 Å². The van der Waals surface area contributed by atoms with Crippen LogP contribution in [0.4, 0.5) is 4.79 Å². The molecule has 2 aromatic rings. The third-order valence-corrected chi connectivity index (χ3v) is 7.74. The van der Waals surface area contributed by atoms with Gasteiger partial charge in [0.05, 0.1) is 12.1 Å². The lowest BCUT2D eigenvalue weighted by atomic mass is 9.62. The molecule has 0 unspecified atom stereocenters. The van der Waals surface area contributed by atoms with Gasteiger partial charge in [0.2, 0.25) is 0 Å². The van der Waals surface area contributed by atoms with Crippen molar-refractivity contribution in [3.05, 3.63) is 65.0 Å². The molecule has 1 atom stereocenters. The van der Waals surface area contributed by atoms with Crippen LogP contribution >= 0.6 is 0 Å². The number of pyridine rings is 1. The first-order chi connectivity index (χ1) is 17.5. The first-order valence-electron chi connectivity index (χ1n) is 12.7. The Hall–Kier alpha value is -3.30. The van der Waals surface area contributed by atoms with Crippen LogP contribution in [-0.2, 0) is 15.1 Å². The Balaban J connectivity index is 1.61. The highest BCUT2D eigenvalue weighted by atomic mass is 16.5. The van der Waals surface area contributed by atoms with Crippen molar-refractivity contribution in [1.82, 2.24) is 15.2 Å². The number of rotatable bonds is 8. The predicted octanol–water partition coefficient (Wildman–Crippen LogP) is 3.17. The van der Waals surface area contributed by atoms with Crippen LogP contribution in [0.25, 0.3) is 0 Å². The van der Waals surface area contributed by atoms with E-state index in [4.69, 9.17) is 4.74 Å². The van der Waals surface area contributed by atoms with Crippen LogP contribution in [0.2, 0.25) is 0 Å². The van der Waals surface area contributed by atoms with Crippen LogP contribution in [0.5, 0.6) is 0 Å². The highest BCUT2D eigenvalue weighted by Crippen LogP contribution is 2.50. The molecule has 2 saturated heterocycles. The molecule has 2 amide bonds. The third kappa shape index (κ3) is 5.24. The van der Waals surface area contributed by atoms with Gasteiger partial charge in [-0.1, -0.05) is 45.0 Å². The van der Waals surface area contributed by atoms with Crippen molar-refractivity contribution in [3.63, 3.8) is 0 Å². The van der Waals surface area contributed by atoms with Crippen LogP contribution in [0.1, 0.15) is 66.6 Å². The minimum absolute atomic E-state index is 0.0294. The highest BCUT2D eigenvalue weighted by Gasteiger charge is 2.57. The molecule has 3 N–H and O–H groups in total. The van der Waals surface area contributed by atoms with Gasteiger partial charge in [-0.25, -0.2) is 4.79 Å². The van der Waals surface area contributed by atoms with Crippen molar-refractivity contribution in [2.45, 2.75) is 45.1 Å². The van der Waals surface area contributed by atoms with E-state index in [1.807, 2.05) is 31.2 Å². The van der Waals surface area contributed by atoms with Crippen LogP contribution in [-0.4, -0.2) is 70.7 Å². The Morgan fingerprint density at radius 2 is 1.78 bits per heavy atom. The smallest absolute Gasteiger partial charge is 0.407 e. The molecule has 0 aliphatic carbocycles. The minimum Gasteiger partial charge on any atom is -0.465 e. The van der Waals surface area contributed by atoms with Gasteiger partial charge in [-0.05, 0) is 36.0 Å². The van der Waals surface area contributed by atoms with Gasteiger partial charge in [0.15, 0.2) is 5.78 Å². The summed E-state index contributed by atoms with van der Waals surface area (Å²) in [5, 5.41) is 24.4. The van der Waals surface area contributed by atoms with Gasteiger partial charge in [-0.15, -0.1) is 0 Å². The fourth-order valence-electron chi connectivity index (χ4n) is 5.33. The van der Waals surface area contributed by atoms with E-state index >= 15 is 0 Å². The van der Waals surface area contributed by atoms with Crippen molar-refractivity contribution >= 4 is 17.8 Å². The molecule has 0 radical (unpaired) electrons. The maximum atomic E-state index is 12.9. The first kappa shape index (κ1) is 26.8. The van der Waals surface area contributed by atoms with Crippen molar-refractivity contribution in [2.75, 3.05) is 32.8 Å². The van der Waals surface area contributed by atoms with Gasteiger partial charge in [-0.2, -0.15) is 0 Å². The van der Waals surface area contributed by atoms with Gasteiger partial charge in [-0.3, -0.25) is 14.6 Å². The summed E-state index contributed by atoms with van der Waals surface area (Å²) in [7, 11) is 0. The quantitative estimate of drug-likeness (QED) is 0.498. The number of ether oxygens (including phenoxy) is 1. The van der Waals surface area contributed by atoms with Crippen LogP contribution in [0.15, 0.2) is 42.7 Å². The molecule has 0 spiro atoms. The molecule has 2 aliphatic rings. The third-order valence-electron chi connectivity index (χ3n) is 7.74. The topological polar surface area (TPSA) is 129 Å². The fourth-order valence-corrected chi connectivity index (χ4v) is 5.33. The summed E-state index contributed by atoms with van der Waals surface area (Å²) in [4.78, 5) is 42.5. The van der Waals surface area contributed by atoms with Gasteiger partial charge < -0.3 is 25.2 Å². The van der Waals surface area contributed by atoms with Crippen LogP contribution in [0, 0.1) is 11.3 Å². The molecule has 0 saturated carbocycles. The maximum Gasteiger partial charge on any atom is 0.407 e. The Labute approximate surface area is 216 Å². The van der Waals surface area contributed by atoms with E-state index < -0.39 is 23.0 Å². The number of benzene rings is 1. The van der Waals surface area contributed by atoms with E-state index in [1.165, 1.54) is 17.3 Å². The summed E-state index contributed by atoms with van der Waals surface area (Å²) < 4.78 is 5.30. The SMILES string of the molecule is CC(C)c1ccc([C@](O)(c2cncc(C(=O)NCC(=O)C3CCOCC3)c2)C2(C)CN(C(=O)O)C2)cc1. The average molecular weight is 510 g/mol. The Kier molecular flexibility index (Phi) is 7.66. The number of aromatic nitrogens is 1. The van der Waals surface area contributed by atoms with E-state index in [1.54, 1.807) is 6.07 Å². The number of likely N-dealkylation sites (tertiary alicyclic amines) is 1. The largest absolute Gasteiger partial charge is 0.465 e. The molecule has 198 valence electrons. The highest BCUT2D eigenvalue weighted by molar-refractivity contribution is 5.97. The van der Waals surface area contributed by atoms with Crippen LogP contribution in [0.3, 0.4) is 0 Å². The second-order valence-corrected chi connectivity index (χ2v) is 10.7. The summed E-state index contributed by atoms with van der Waals surface area (Å²) in [5.74, 6) is -0.300. The molecule has 37 heavy (non-hydrogen) atoms. The zero-order chi connectivity index (χ0) is 26.8. The number of aliphatic hydroxyl groups is 1. The number of nitrogens with zero attached hydrogens (tertiary/aromatic N) is 2. The number of hydrogen-bond donors (Lipinski definition) is 3. The Morgan fingerprint density at radius 1 is 1.14 bits per heavy atom. The van der Waals surface area contributed by atoms with E-state index in [2.05, 4.69) is 24.1 Å². The molecule has 0 bridgehead atoms. The second-order valence-electron chi connectivity index (χ2n) is 10.7. The minimum atomic E-state index is -1.60. The van der Waals surface area contributed by atoms with E-state index in [-0.39, 0.29) is 36.9 Å². The van der Waals surface area contributed by atoms with Crippen molar-refractivity contribution < 1.29 is 29.3 Å². The monoisotopic (exact) mass is 509 g/mol. The molecular formula is C28H35N3O6. The number of hydrogen-bond acceptors (Lipinski definition) is 6. The van der Waals surface area contributed by atoms with E-state index in [0.29, 0.717) is 43.1 Å². The van der Waals surface area contributed by atoms with Gasteiger partial charge in [0, 0.05) is 55.6 Å². The molecule has 2 aliphatic heterocycles. The summed E-state index contributed by atoms with van der Waals surface area (Å²) >= 11 is 0. The summed E-state index contributed by atoms with van der Waals surface area (Å²) in [6.07, 6.45) is 3.16. The first-order valence-corrected chi connectivity index (χ1v) is 12.7. The molecule has 1 aromatic carbocycles. The molecule has 2 fully saturated rings. The van der Waals surface area contributed by atoms with Gasteiger partial charge in [0.1, 0.15) is 5.60 Å². The second kappa shape index (κ2) is 10.6. The predicted molar refractivity (Wildman–Crippen MR) is 136 cm³/mol. The van der Waals surface area contributed by atoms with Crippen molar-refractivity contribution in [3.8, 4) is 0 Å². The number of carbonyl (C=O) groups excluding carboxylic acids is 2. The molecule has 9 nitrogen and oxygen atoms in total. The standard InChI is InChI=1S/C28H35N3O6/c1-18(2)19-4-6-22(7-5-19)28(36,27(3)16-31(17-27)26(34)35)23-12-21(13-29-14-23)25(33)30-15-24(32)20-8-10-37-11-9-20/h4-7,12-14,18,20,36H,8-11,15-17H2,1-3H3,(H,30,33)(H,34,35)/t28-/m0/s1. The Bertz CT molecular complexity index is 1150. The lowest BCUT2D eigenvalue weighted by Gasteiger charge is -2.55. The van der Waals surface area contributed by atoms with Crippen LogP contribution < -0.4 is 5.32 Å². The summed E-state index contributed by atoms with van der Waals surface area (Å²) in [6, 6.07) is 9.18. The number of ketones is 1. The molecule has 4 rings (SSSR count). The van der Waals surface area contributed by atoms with E-state index in [0.717, 1.165) is 5.56 Å². The summed E-state index contributed by atoms with van der Waals surface area (Å²) in [6.45, 7) is 7.26. The average Bonchev–Trinajstić information content (AvgIpc) is 2.89. The van der Waals surface area contributed by atoms with Crippen molar-refractivity contribution in [2.24, 2.45) is 11.3 Å².